The summed E-state index contributed by atoms with van der Waals surface area (Å²) in [5.41, 5.74) is 2.60. The van der Waals surface area contributed by atoms with Crippen LogP contribution in [0.15, 0.2) is 30.5 Å². The third-order valence-corrected chi connectivity index (χ3v) is 5.80. The zero-order chi connectivity index (χ0) is 16.4. The molecule has 0 saturated carbocycles. The van der Waals surface area contributed by atoms with E-state index in [1.807, 2.05) is 0 Å². The summed E-state index contributed by atoms with van der Waals surface area (Å²) in [4.78, 5) is 2.40. The predicted octanol–water partition coefficient (Wildman–Crippen LogP) is 2.92. The summed E-state index contributed by atoms with van der Waals surface area (Å²) in [6, 6.07) is 8.82. The number of aromatic nitrogens is 1. The smallest absolute Gasteiger partial charge is 0.147 e. The molecule has 1 aromatic heterocycles. The van der Waals surface area contributed by atoms with Gasteiger partial charge in [0.1, 0.15) is 9.84 Å². The number of hydrogen-bond donors (Lipinski definition) is 0. The van der Waals surface area contributed by atoms with Crippen molar-refractivity contribution >= 4 is 20.7 Å². The Labute approximate surface area is 139 Å². The molecular weight excluding hydrogens is 308 g/mol. The molecule has 0 spiro atoms. The lowest BCUT2D eigenvalue weighted by Gasteiger charge is -2.32. The Morgan fingerprint density at radius 3 is 2.83 bits per heavy atom. The van der Waals surface area contributed by atoms with Crippen molar-refractivity contribution in [3.8, 4) is 0 Å². The minimum atomic E-state index is -2.88. The number of likely N-dealkylation sites (tertiary alicyclic amines) is 1. The van der Waals surface area contributed by atoms with Gasteiger partial charge in [-0.3, -0.25) is 4.90 Å². The first-order chi connectivity index (χ1) is 10.9. The van der Waals surface area contributed by atoms with Gasteiger partial charge in [-0.1, -0.05) is 12.1 Å². The molecule has 0 bridgehead atoms. The standard InChI is InChI=1S/C18H26N2O2S/c1-3-20-10-8-17-7-6-15(11-18(17)20)12-19-9-4-5-16(13-19)14-23(2,21)22/h6-8,10-11,16H,3-5,9,12-14H2,1-2H3. The lowest BCUT2D eigenvalue weighted by atomic mass is 9.99. The highest BCUT2D eigenvalue weighted by Crippen LogP contribution is 2.22. The van der Waals surface area contributed by atoms with E-state index in [1.165, 1.54) is 22.7 Å². The summed E-state index contributed by atoms with van der Waals surface area (Å²) in [6.45, 7) is 6.00. The maximum absolute atomic E-state index is 11.5. The van der Waals surface area contributed by atoms with Crippen molar-refractivity contribution in [2.24, 2.45) is 5.92 Å². The van der Waals surface area contributed by atoms with E-state index in [9.17, 15) is 8.42 Å². The van der Waals surface area contributed by atoms with E-state index >= 15 is 0 Å². The van der Waals surface area contributed by atoms with Crippen molar-refractivity contribution in [2.45, 2.75) is 32.9 Å². The molecule has 0 radical (unpaired) electrons. The van der Waals surface area contributed by atoms with E-state index in [4.69, 9.17) is 0 Å². The molecule has 0 N–H and O–H groups in total. The number of fused-ring (bicyclic) bond motifs is 1. The molecule has 23 heavy (non-hydrogen) atoms. The Morgan fingerprint density at radius 2 is 2.09 bits per heavy atom. The largest absolute Gasteiger partial charge is 0.348 e. The van der Waals surface area contributed by atoms with Gasteiger partial charge >= 0.3 is 0 Å². The number of rotatable bonds is 5. The van der Waals surface area contributed by atoms with Gasteiger partial charge < -0.3 is 4.57 Å². The molecule has 4 nitrogen and oxygen atoms in total. The van der Waals surface area contributed by atoms with Crippen LogP contribution in [0.2, 0.25) is 0 Å². The van der Waals surface area contributed by atoms with Crippen molar-refractivity contribution in [2.75, 3.05) is 25.1 Å². The van der Waals surface area contributed by atoms with Gasteiger partial charge in [0, 0.05) is 37.6 Å². The topological polar surface area (TPSA) is 42.3 Å². The summed E-state index contributed by atoms with van der Waals surface area (Å²) in [7, 11) is -2.88. The summed E-state index contributed by atoms with van der Waals surface area (Å²) in [5.74, 6) is 0.600. The fourth-order valence-electron chi connectivity index (χ4n) is 3.72. The van der Waals surface area contributed by atoms with Gasteiger partial charge in [-0.05, 0) is 55.3 Å². The fraction of sp³-hybridized carbons (Fsp3) is 0.556. The van der Waals surface area contributed by atoms with Crippen molar-refractivity contribution in [3.63, 3.8) is 0 Å². The van der Waals surface area contributed by atoms with E-state index in [2.05, 4.69) is 46.9 Å². The second kappa shape index (κ2) is 6.65. The van der Waals surface area contributed by atoms with E-state index in [0.29, 0.717) is 5.75 Å². The highest BCUT2D eigenvalue weighted by atomic mass is 32.2. The zero-order valence-corrected chi connectivity index (χ0v) is 14.8. The Bertz CT molecular complexity index is 779. The Balaban J connectivity index is 1.71. The molecule has 0 amide bonds. The monoisotopic (exact) mass is 334 g/mol. The second-order valence-electron chi connectivity index (χ2n) is 6.83. The minimum absolute atomic E-state index is 0.280. The summed E-state index contributed by atoms with van der Waals surface area (Å²) in [5, 5.41) is 1.28. The van der Waals surface area contributed by atoms with Gasteiger partial charge in [0.25, 0.3) is 0 Å². The molecular formula is C18H26N2O2S. The van der Waals surface area contributed by atoms with Crippen molar-refractivity contribution < 1.29 is 8.42 Å². The first kappa shape index (κ1) is 16.5. The van der Waals surface area contributed by atoms with Crippen LogP contribution in [0.1, 0.15) is 25.3 Å². The number of piperidine rings is 1. The van der Waals surface area contributed by atoms with Gasteiger partial charge in [0.05, 0.1) is 5.75 Å². The summed E-state index contributed by atoms with van der Waals surface area (Å²) < 4.78 is 25.3. The molecule has 1 aliphatic rings. The molecule has 5 heteroatoms. The number of aryl methyl sites for hydroxylation is 1. The molecule has 2 heterocycles. The molecule has 1 atom stereocenters. The quantitative estimate of drug-likeness (QED) is 0.844. The third-order valence-electron chi connectivity index (χ3n) is 4.73. The molecule has 3 rings (SSSR count). The van der Waals surface area contributed by atoms with E-state index in [0.717, 1.165) is 39.0 Å². The molecule has 1 unspecified atom stereocenters. The van der Waals surface area contributed by atoms with Crippen LogP contribution >= 0.6 is 0 Å². The molecule has 126 valence electrons. The van der Waals surface area contributed by atoms with Crippen molar-refractivity contribution in [1.82, 2.24) is 9.47 Å². The average molecular weight is 334 g/mol. The van der Waals surface area contributed by atoms with Gasteiger partial charge in [-0.15, -0.1) is 0 Å². The van der Waals surface area contributed by atoms with Crippen LogP contribution in [0.5, 0.6) is 0 Å². The van der Waals surface area contributed by atoms with Crippen LogP contribution < -0.4 is 0 Å². The van der Waals surface area contributed by atoms with Crippen LogP contribution in [-0.4, -0.2) is 43.0 Å². The van der Waals surface area contributed by atoms with Crippen LogP contribution in [0, 0.1) is 5.92 Å². The van der Waals surface area contributed by atoms with Gasteiger partial charge in [-0.2, -0.15) is 0 Å². The Hall–Kier alpha value is -1.33. The third kappa shape index (κ3) is 4.15. The number of hydrogen-bond acceptors (Lipinski definition) is 3. The van der Waals surface area contributed by atoms with Gasteiger partial charge in [0.2, 0.25) is 0 Å². The fourth-order valence-corrected chi connectivity index (χ4v) is 4.85. The zero-order valence-electron chi connectivity index (χ0n) is 14.0. The normalized spacial score (nSPS) is 20.2. The Morgan fingerprint density at radius 1 is 1.26 bits per heavy atom. The van der Waals surface area contributed by atoms with Crippen LogP contribution in [0.4, 0.5) is 0 Å². The summed E-state index contributed by atoms with van der Waals surface area (Å²) >= 11 is 0. The number of nitrogens with zero attached hydrogens (tertiary/aromatic N) is 2. The predicted molar refractivity (Wildman–Crippen MR) is 95.3 cm³/mol. The first-order valence-corrected chi connectivity index (χ1v) is 10.5. The van der Waals surface area contributed by atoms with Crippen LogP contribution in [-0.2, 0) is 22.9 Å². The highest BCUT2D eigenvalue weighted by Gasteiger charge is 2.23. The van der Waals surface area contributed by atoms with Crippen LogP contribution in [0.3, 0.4) is 0 Å². The van der Waals surface area contributed by atoms with E-state index < -0.39 is 9.84 Å². The maximum atomic E-state index is 11.5. The molecule has 1 fully saturated rings. The highest BCUT2D eigenvalue weighted by molar-refractivity contribution is 7.90. The molecule has 1 saturated heterocycles. The summed E-state index contributed by atoms with van der Waals surface area (Å²) in [6.07, 6.45) is 5.60. The minimum Gasteiger partial charge on any atom is -0.348 e. The lowest BCUT2D eigenvalue weighted by Crippen LogP contribution is -2.37. The van der Waals surface area contributed by atoms with Gasteiger partial charge in [-0.25, -0.2) is 8.42 Å². The first-order valence-electron chi connectivity index (χ1n) is 8.42. The van der Waals surface area contributed by atoms with Crippen molar-refractivity contribution in [1.29, 1.82) is 0 Å². The lowest BCUT2D eigenvalue weighted by molar-refractivity contribution is 0.178. The molecule has 2 aromatic rings. The van der Waals surface area contributed by atoms with E-state index in [-0.39, 0.29) is 5.92 Å². The van der Waals surface area contributed by atoms with Gasteiger partial charge in [0.15, 0.2) is 0 Å². The van der Waals surface area contributed by atoms with Crippen molar-refractivity contribution in [3.05, 3.63) is 36.0 Å². The second-order valence-corrected chi connectivity index (χ2v) is 9.02. The molecule has 1 aromatic carbocycles. The average Bonchev–Trinajstić information content (AvgIpc) is 2.88. The molecule has 1 aliphatic heterocycles. The SMILES string of the molecule is CCn1ccc2ccc(CN3CCCC(CS(C)(=O)=O)C3)cc21. The Kier molecular flexibility index (Phi) is 4.78. The van der Waals surface area contributed by atoms with E-state index in [1.54, 1.807) is 0 Å². The number of sulfone groups is 1. The van der Waals surface area contributed by atoms with Crippen LogP contribution in [0.25, 0.3) is 10.9 Å². The maximum Gasteiger partial charge on any atom is 0.147 e. The molecule has 0 aliphatic carbocycles. The number of benzene rings is 1.